The van der Waals surface area contributed by atoms with E-state index in [2.05, 4.69) is 25.3 Å². The standard InChI is InChI=1S/C23H17F5N4O3/c24-20(25)12-34-19-6-3-14(11-17(19)23(26,27)28)32-22(33)31-13-1-4-15(5-2-13)35-18-8-10-30-21-16(18)7-9-29-21/h1-11,20H,12H2,(H,29,30)(H2,31,32,33). The molecule has 2 aromatic heterocycles. The number of aromatic amines is 1. The topological polar surface area (TPSA) is 88.3 Å². The van der Waals surface area contributed by atoms with Crippen LogP contribution in [0.25, 0.3) is 11.0 Å². The number of fused-ring (bicyclic) bond motifs is 1. The molecular formula is C23H17F5N4O3. The van der Waals surface area contributed by atoms with E-state index in [-0.39, 0.29) is 5.69 Å². The Hall–Kier alpha value is -4.35. The van der Waals surface area contributed by atoms with Crippen LogP contribution in [0, 0.1) is 0 Å². The van der Waals surface area contributed by atoms with E-state index in [1.807, 2.05) is 6.07 Å². The normalized spacial score (nSPS) is 11.5. The van der Waals surface area contributed by atoms with Crippen LogP contribution in [-0.4, -0.2) is 29.0 Å². The number of pyridine rings is 1. The van der Waals surface area contributed by atoms with Crippen molar-refractivity contribution in [3.8, 4) is 17.2 Å². The molecule has 0 fully saturated rings. The zero-order valence-corrected chi connectivity index (χ0v) is 17.7. The van der Waals surface area contributed by atoms with Crippen LogP contribution in [0.5, 0.6) is 17.2 Å². The number of carbonyl (C=O) groups excluding carboxylic acids is 1. The van der Waals surface area contributed by atoms with Gasteiger partial charge in [0.15, 0.2) is 0 Å². The summed E-state index contributed by atoms with van der Waals surface area (Å²) in [5.41, 5.74) is -0.471. The van der Waals surface area contributed by atoms with Crippen LogP contribution in [0.3, 0.4) is 0 Å². The van der Waals surface area contributed by atoms with Gasteiger partial charge in [0, 0.05) is 23.8 Å². The number of ether oxygens (including phenoxy) is 2. The van der Waals surface area contributed by atoms with Crippen molar-refractivity contribution in [3.63, 3.8) is 0 Å². The van der Waals surface area contributed by atoms with Crippen molar-refractivity contribution in [2.75, 3.05) is 17.2 Å². The molecule has 182 valence electrons. The van der Waals surface area contributed by atoms with E-state index in [0.717, 1.165) is 17.5 Å². The third-order valence-corrected chi connectivity index (χ3v) is 4.67. The van der Waals surface area contributed by atoms with Crippen molar-refractivity contribution in [1.29, 1.82) is 0 Å². The highest BCUT2D eigenvalue weighted by atomic mass is 19.4. The number of benzene rings is 2. The number of halogens is 5. The number of alkyl halides is 5. The molecule has 0 bridgehead atoms. The third-order valence-electron chi connectivity index (χ3n) is 4.67. The second-order valence-electron chi connectivity index (χ2n) is 7.17. The fourth-order valence-corrected chi connectivity index (χ4v) is 3.16. The number of nitrogens with one attached hydrogen (secondary N) is 3. The van der Waals surface area contributed by atoms with E-state index in [0.29, 0.717) is 28.9 Å². The predicted molar refractivity (Wildman–Crippen MR) is 118 cm³/mol. The Labute approximate surface area is 194 Å². The Balaban J connectivity index is 1.40. The first kappa shape index (κ1) is 23.8. The largest absolute Gasteiger partial charge is 0.487 e. The molecule has 3 N–H and O–H groups in total. The molecule has 0 saturated heterocycles. The number of hydrogen-bond acceptors (Lipinski definition) is 4. The van der Waals surface area contributed by atoms with Crippen molar-refractivity contribution in [3.05, 3.63) is 72.6 Å². The molecule has 35 heavy (non-hydrogen) atoms. The highest BCUT2D eigenvalue weighted by Crippen LogP contribution is 2.38. The molecule has 0 spiro atoms. The first-order valence-electron chi connectivity index (χ1n) is 10.1. The molecule has 4 rings (SSSR count). The van der Waals surface area contributed by atoms with E-state index >= 15 is 0 Å². The number of H-pyrrole nitrogens is 1. The second-order valence-corrected chi connectivity index (χ2v) is 7.17. The number of urea groups is 1. The van der Waals surface area contributed by atoms with Gasteiger partial charge in [0.2, 0.25) is 0 Å². The van der Waals surface area contributed by atoms with Crippen LogP contribution in [0.15, 0.2) is 67.0 Å². The number of carbonyl (C=O) groups is 1. The molecule has 0 saturated carbocycles. The lowest BCUT2D eigenvalue weighted by atomic mass is 10.1. The Bertz CT molecular complexity index is 1320. The van der Waals surface area contributed by atoms with Gasteiger partial charge in [0.25, 0.3) is 6.43 Å². The first-order chi connectivity index (χ1) is 16.7. The number of aromatic nitrogens is 2. The van der Waals surface area contributed by atoms with Crippen LogP contribution < -0.4 is 20.1 Å². The Morgan fingerprint density at radius 1 is 0.971 bits per heavy atom. The highest BCUT2D eigenvalue weighted by Gasteiger charge is 2.35. The van der Waals surface area contributed by atoms with Crippen LogP contribution in [-0.2, 0) is 6.18 Å². The highest BCUT2D eigenvalue weighted by molar-refractivity contribution is 5.99. The maximum absolute atomic E-state index is 13.3. The minimum atomic E-state index is -4.87. The molecule has 2 heterocycles. The first-order valence-corrected chi connectivity index (χ1v) is 10.1. The molecule has 0 aliphatic heterocycles. The van der Waals surface area contributed by atoms with Gasteiger partial charge in [-0.25, -0.2) is 18.6 Å². The van der Waals surface area contributed by atoms with Gasteiger partial charge in [0.1, 0.15) is 29.5 Å². The maximum atomic E-state index is 13.3. The molecule has 4 aromatic rings. The van der Waals surface area contributed by atoms with Gasteiger partial charge in [-0.05, 0) is 54.6 Å². The number of rotatable bonds is 7. The number of amides is 2. The van der Waals surface area contributed by atoms with E-state index in [4.69, 9.17) is 4.74 Å². The zero-order chi connectivity index (χ0) is 25.0. The van der Waals surface area contributed by atoms with Crippen LogP contribution in [0.2, 0.25) is 0 Å². The van der Waals surface area contributed by atoms with E-state index in [1.54, 1.807) is 42.7 Å². The summed E-state index contributed by atoms with van der Waals surface area (Å²) in [4.78, 5) is 19.4. The fraction of sp³-hybridized carbons (Fsp3) is 0.130. The summed E-state index contributed by atoms with van der Waals surface area (Å²) in [7, 11) is 0. The number of anilines is 2. The SMILES string of the molecule is O=C(Nc1ccc(Oc2ccnc3[nH]ccc23)cc1)Nc1ccc(OCC(F)F)c(C(F)(F)F)c1. The minimum Gasteiger partial charge on any atom is -0.487 e. The summed E-state index contributed by atoms with van der Waals surface area (Å²) >= 11 is 0. The quantitative estimate of drug-likeness (QED) is 0.252. The van der Waals surface area contributed by atoms with Crippen LogP contribution >= 0.6 is 0 Å². The van der Waals surface area contributed by atoms with Gasteiger partial charge >= 0.3 is 12.2 Å². The van der Waals surface area contributed by atoms with Crippen molar-refractivity contribution in [2.45, 2.75) is 12.6 Å². The minimum absolute atomic E-state index is 0.201. The summed E-state index contributed by atoms with van der Waals surface area (Å²) < 4.78 is 74.9. The lowest BCUT2D eigenvalue weighted by molar-refractivity contribution is -0.139. The Kier molecular flexibility index (Phi) is 6.71. The molecule has 0 unspecified atom stereocenters. The summed E-state index contributed by atoms with van der Waals surface area (Å²) in [5.74, 6) is 0.306. The summed E-state index contributed by atoms with van der Waals surface area (Å²) in [6.45, 7) is -1.19. The van der Waals surface area contributed by atoms with Crippen molar-refractivity contribution < 1.29 is 36.2 Å². The van der Waals surface area contributed by atoms with Crippen LogP contribution in [0.4, 0.5) is 38.1 Å². The molecule has 2 amide bonds. The Morgan fingerprint density at radius 3 is 2.40 bits per heavy atom. The molecule has 12 heteroatoms. The monoisotopic (exact) mass is 492 g/mol. The second kappa shape index (κ2) is 9.87. The van der Waals surface area contributed by atoms with Gasteiger partial charge in [-0.2, -0.15) is 13.2 Å². The molecule has 0 aliphatic carbocycles. The van der Waals surface area contributed by atoms with E-state index in [1.165, 1.54) is 0 Å². The van der Waals surface area contributed by atoms with E-state index in [9.17, 15) is 26.7 Å². The molecule has 7 nitrogen and oxygen atoms in total. The van der Waals surface area contributed by atoms with Gasteiger partial charge in [-0.15, -0.1) is 0 Å². The molecule has 0 radical (unpaired) electrons. The lowest BCUT2D eigenvalue weighted by Crippen LogP contribution is -2.20. The van der Waals surface area contributed by atoms with Gasteiger partial charge in [-0.3, -0.25) is 0 Å². The lowest BCUT2D eigenvalue weighted by Gasteiger charge is -2.16. The Morgan fingerprint density at radius 2 is 1.69 bits per heavy atom. The fourth-order valence-electron chi connectivity index (χ4n) is 3.16. The van der Waals surface area contributed by atoms with Crippen molar-refractivity contribution in [2.24, 2.45) is 0 Å². The van der Waals surface area contributed by atoms with Gasteiger partial charge < -0.3 is 25.1 Å². The smallest absolute Gasteiger partial charge is 0.420 e. The predicted octanol–water partition coefficient (Wildman–Crippen LogP) is 6.66. The van der Waals surface area contributed by atoms with Crippen molar-refractivity contribution in [1.82, 2.24) is 9.97 Å². The molecule has 0 atom stereocenters. The average Bonchev–Trinajstić information content (AvgIpc) is 3.29. The zero-order valence-electron chi connectivity index (χ0n) is 17.7. The summed E-state index contributed by atoms with van der Waals surface area (Å²) in [5, 5.41) is 5.55. The van der Waals surface area contributed by atoms with Gasteiger partial charge in [-0.1, -0.05) is 0 Å². The third kappa shape index (κ3) is 5.96. The number of hydrogen-bond donors (Lipinski definition) is 3. The van der Waals surface area contributed by atoms with E-state index < -0.39 is 36.6 Å². The maximum Gasteiger partial charge on any atom is 0.420 e. The van der Waals surface area contributed by atoms with Gasteiger partial charge in [0.05, 0.1) is 10.9 Å². The molecular weight excluding hydrogens is 475 g/mol. The molecule has 0 aliphatic rings. The average molecular weight is 492 g/mol. The van der Waals surface area contributed by atoms with Crippen molar-refractivity contribution >= 4 is 28.4 Å². The number of nitrogens with zero attached hydrogens (tertiary/aromatic N) is 1. The van der Waals surface area contributed by atoms with Crippen LogP contribution in [0.1, 0.15) is 5.56 Å². The summed E-state index contributed by atoms with van der Waals surface area (Å²) in [6, 6.07) is 11.6. The summed E-state index contributed by atoms with van der Waals surface area (Å²) in [6.07, 6.45) is -4.48. The molecule has 2 aromatic carbocycles.